The van der Waals surface area contributed by atoms with Crippen LogP contribution in [0.2, 0.25) is 0 Å². The summed E-state index contributed by atoms with van der Waals surface area (Å²) >= 11 is 1.38. The predicted octanol–water partition coefficient (Wildman–Crippen LogP) is 2.46. The number of aromatic nitrogens is 4. The van der Waals surface area contributed by atoms with Gasteiger partial charge in [-0.05, 0) is 30.4 Å². The smallest absolute Gasteiger partial charge is 0.233 e. The summed E-state index contributed by atoms with van der Waals surface area (Å²) in [5.41, 5.74) is 0.935. The van der Waals surface area contributed by atoms with Crippen LogP contribution in [0.5, 0.6) is 0 Å². The molecular weight excluding hydrogens is 310 g/mol. The third kappa shape index (κ3) is 4.10. The number of likely N-dealkylation sites (tertiary alicyclic amines) is 1. The van der Waals surface area contributed by atoms with Gasteiger partial charge in [-0.1, -0.05) is 25.6 Å². The maximum atomic E-state index is 12.4. The van der Waals surface area contributed by atoms with Gasteiger partial charge in [-0.2, -0.15) is 0 Å². The zero-order chi connectivity index (χ0) is 16.2. The van der Waals surface area contributed by atoms with Gasteiger partial charge < -0.3 is 4.90 Å². The molecule has 3 heterocycles. The van der Waals surface area contributed by atoms with Gasteiger partial charge in [0.2, 0.25) is 11.1 Å². The molecule has 122 valence electrons. The first-order valence-electron chi connectivity index (χ1n) is 7.85. The number of thioether (sulfide) groups is 1. The number of pyridine rings is 1. The van der Waals surface area contributed by atoms with Crippen molar-refractivity contribution in [3.8, 4) is 11.4 Å². The number of H-pyrrole nitrogens is 1. The van der Waals surface area contributed by atoms with Crippen LogP contribution in [0.1, 0.15) is 20.3 Å². The van der Waals surface area contributed by atoms with Crippen molar-refractivity contribution in [3.05, 3.63) is 24.5 Å². The normalized spacial score (nSPS) is 21.4. The van der Waals surface area contributed by atoms with Crippen molar-refractivity contribution in [2.24, 2.45) is 11.8 Å². The number of hydrogen-bond donors (Lipinski definition) is 1. The molecule has 1 aliphatic rings. The summed E-state index contributed by atoms with van der Waals surface area (Å²) in [5.74, 6) is 2.41. The molecule has 0 aliphatic carbocycles. The maximum absolute atomic E-state index is 12.4. The quantitative estimate of drug-likeness (QED) is 0.871. The van der Waals surface area contributed by atoms with Crippen LogP contribution < -0.4 is 0 Å². The number of nitrogens with one attached hydrogen (secondary N) is 1. The van der Waals surface area contributed by atoms with Gasteiger partial charge in [-0.3, -0.25) is 14.9 Å². The summed E-state index contributed by atoms with van der Waals surface area (Å²) in [4.78, 5) is 22.8. The fourth-order valence-corrected chi connectivity index (χ4v) is 3.74. The Morgan fingerprint density at radius 1 is 1.30 bits per heavy atom. The Labute approximate surface area is 140 Å². The average Bonchev–Trinajstić information content (AvgIpc) is 3.01. The number of carbonyl (C=O) groups excluding carboxylic acids is 1. The van der Waals surface area contributed by atoms with Crippen LogP contribution in [0.4, 0.5) is 0 Å². The molecule has 3 rings (SSSR count). The molecular formula is C16H21N5OS. The highest BCUT2D eigenvalue weighted by Gasteiger charge is 2.25. The van der Waals surface area contributed by atoms with Crippen molar-refractivity contribution in [2.75, 3.05) is 18.8 Å². The van der Waals surface area contributed by atoms with Crippen molar-refractivity contribution in [3.63, 3.8) is 0 Å². The first-order valence-corrected chi connectivity index (χ1v) is 8.83. The lowest BCUT2D eigenvalue weighted by molar-refractivity contribution is -0.130. The first-order chi connectivity index (χ1) is 11.1. The van der Waals surface area contributed by atoms with Crippen LogP contribution in [0, 0.1) is 11.8 Å². The Bertz CT molecular complexity index is 650. The minimum Gasteiger partial charge on any atom is -0.341 e. The number of carbonyl (C=O) groups is 1. The highest BCUT2D eigenvalue weighted by molar-refractivity contribution is 7.99. The molecule has 1 aliphatic heterocycles. The topological polar surface area (TPSA) is 74.8 Å². The van der Waals surface area contributed by atoms with Crippen LogP contribution in [-0.2, 0) is 4.79 Å². The van der Waals surface area contributed by atoms with Crippen LogP contribution in [0.15, 0.2) is 29.7 Å². The fourth-order valence-electron chi connectivity index (χ4n) is 3.03. The third-order valence-corrected chi connectivity index (χ3v) is 4.80. The summed E-state index contributed by atoms with van der Waals surface area (Å²) in [6, 6.07) is 3.74. The van der Waals surface area contributed by atoms with Crippen molar-refractivity contribution in [1.82, 2.24) is 25.1 Å². The highest BCUT2D eigenvalue weighted by Crippen LogP contribution is 2.23. The van der Waals surface area contributed by atoms with Gasteiger partial charge in [0.15, 0.2) is 5.82 Å². The average molecular weight is 331 g/mol. The number of rotatable bonds is 4. The van der Waals surface area contributed by atoms with Crippen molar-refractivity contribution >= 4 is 17.7 Å². The minimum absolute atomic E-state index is 0.170. The van der Waals surface area contributed by atoms with Crippen LogP contribution in [0.25, 0.3) is 11.4 Å². The van der Waals surface area contributed by atoms with E-state index in [1.807, 2.05) is 17.0 Å². The molecule has 1 amide bonds. The predicted molar refractivity (Wildman–Crippen MR) is 89.9 cm³/mol. The molecule has 2 aromatic rings. The van der Waals surface area contributed by atoms with E-state index in [1.54, 1.807) is 12.4 Å². The van der Waals surface area contributed by atoms with Gasteiger partial charge >= 0.3 is 0 Å². The second kappa shape index (κ2) is 7.12. The van der Waals surface area contributed by atoms with Gasteiger partial charge in [0.05, 0.1) is 5.75 Å². The van der Waals surface area contributed by atoms with E-state index in [0.717, 1.165) is 18.7 Å². The van der Waals surface area contributed by atoms with Crippen LogP contribution in [0.3, 0.4) is 0 Å². The second-order valence-corrected chi connectivity index (χ2v) is 7.18. The maximum Gasteiger partial charge on any atom is 0.233 e. The summed E-state index contributed by atoms with van der Waals surface area (Å²) in [5, 5.41) is 7.68. The van der Waals surface area contributed by atoms with E-state index >= 15 is 0 Å². The lowest BCUT2D eigenvalue weighted by Gasteiger charge is -2.34. The molecule has 1 N–H and O–H groups in total. The number of piperidine rings is 1. The molecule has 0 saturated carbocycles. The molecule has 0 bridgehead atoms. The van der Waals surface area contributed by atoms with Gasteiger partial charge in [0.25, 0.3) is 0 Å². The summed E-state index contributed by atoms with van der Waals surface area (Å²) in [6.07, 6.45) is 4.63. The molecule has 2 atom stereocenters. The van der Waals surface area contributed by atoms with Crippen molar-refractivity contribution in [1.29, 1.82) is 0 Å². The van der Waals surface area contributed by atoms with Crippen molar-refractivity contribution in [2.45, 2.75) is 25.4 Å². The lowest BCUT2D eigenvalue weighted by atomic mass is 9.92. The SMILES string of the molecule is C[C@@H]1C[C@@H](C)CN(C(=O)CSc2n[nH]c(-c3ccncc3)n2)C1. The van der Waals surface area contributed by atoms with E-state index in [2.05, 4.69) is 34.0 Å². The third-order valence-electron chi connectivity index (χ3n) is 3.96. The Kier molecular flexibility index (Phi) is 4.95. The summed E-state index contributed by atoms with van der Waals surface area (Å²) in [6.45, 7) is 6.14. The fraction of sp³-hybridized carbons (Fsp3) is 0.500. The Morgan fingerprint density at radius 3 is 2.70 bits per heavy atom. The van der Waals surface area contributed by atoms with E-state index in [4.69, 9.17) is 0 Å². The molecule has 0 spiro atoms. The van der Waals surface area contributed by atoms with Gasteiger partial charge in [-0.25, -0.2) is 4.98 Å². The van der Waals surface area contributed by atoms with E-state index < -0.39 is 0 Å². The molecule has 1 saturated heterocycles. The van der Waals surface area contributed by atoms with Gasteiger partial charge in [-0.15, -0.1) is 5.10 Å². The van der Waals surface area contributed by atoms with Crippen LogP contribution in [-0.4, -0.2) is 49.8 Å². The van der Waals surface area contributed by atoms with E-state index in [1.165, 1.54) is 18.2 Å². The molecule has 2 aromatic heterocycles. The molecule has 6 nitrogen and oxygen atoms in total. The number of aromatic amines is 1. The monoisotopic (exact) mass is 331 g/mol. The molecule has 0 aromatic carbocycles. The largest absolute Gasteiger partial charge is 0.341 e. The molecule has 0 radical (unpaired) electrons. The number of amides is 1. The summed E-state index contributed by atoms with van der Waals surface area (Å²) < 4.78 is 0. The molecule has 0 unspecified atom stereocenters. The van der Waals surface area contributed by atoms with Crippen LogP contribution >= 0.6 is 11.8 Å². The second-order valence-electron chi connectivity index (χ2n) is 6.24. The molecule has 23 heavy (non-hydrogen) atoms. The Morgan fingerprint density at radius 2 is 2.00 bits per heavy atom. The van der Waals surface area contributed by atoms with Gasteiger partial charge in [0.1, 0.15) is 0 Å². The Hall–Kier alpha value is -1.89. The Balaban J connectivity index is 1.56. The van der Waals surface area contributed by atoms with Crippen molar-refractivity contribution < 1.29 is 4.79 Å². The van der Waals surface area contributed by atoms with E-state index in [9.17, 15) is 4.79 Å². The minimum atomic E-state index is 0.170. The highest BCUT2D eigenvalue weighted by atomic mass is 32.2. The molecule has 7 heteroatoms. The van der Waals surface area contributed by atoms with E-state index in [-0.39, 0.29) is 5.91 Å². The zero-order valence-electron chi connectivity index (χ0n) is 13.4. The first kappa shape index (κ1) is 16.0. The van der Waals surface area contributed by atoms with E-state index in [0.29, 0.717) is 28.6 Å². The van der Waals surface area contributed by atoms with Gasteiger partial charge in [0, 0.05) is 31.0 Å². The lowest BCUT2D eigenvalue weighted by Crippen LogP contribution is -2.43. The summed E-state index contributed by atoms with van der Waals surface area (Å²) in [7, 11) is 0. The standard InChI is InChI=1S/C16H21N5OS/c1-11-7-12(2)9-21(8-11)14(22)10-23-16-18-15(19-20-16)13-3-5-17-6-4-13/h3-6,11-12H,7-10H2,1-2H3,(H,18,19,20)/t11-,12-/m1/s1. The molecule has 1 fully saturated rings. The zero-order valence-corrected chi connectivity index (χ0v) is 14.2. The number of hydrogen-bond acceptors (Lipinski definition) is 5. The number of nitrogens with zero attached hydrogens (tertiary/aromatic N) is 4.